The van der Waals surface area contributed by atoms with Crippen LogP contribution in [0.2, 0.25) is 0 Å². The van der Waals surface area contributed by atoms with Crippen molar-refractivity contribution in [1.82, 2.24) is 10.2 Å². The van der Waals surface area contributed by atoms with E-state index in [1.54, 1.807) is 4.90 Å². The Balaban J connectivity index is 1.74. The Morgan fingerprint density at radius 2 is 1.80 bits per heavy atom. The number of nitrogens with one attached hydrogen (secondary N) is 1. The van der Waals surface area contributed by atoms with E-state index in [9.17, 15) is 24.5 Å². The van der Waals surface area contributed by atoms with Crippen molar-refractivity contribution in [2.45, 2.75) is 19.3 Å². The summed E-state index contributed by atoms with van der Waals surface area (Å²) in [6.07, 6.45) is 1.28. The number of benzene rings is 1. The molecule has 0 aromatic heterocycles. The molecule has 1 heterocycles. The van der Waals surface area contributed by atoms with Gasteiger partial charge < -0.3 is 16.0 Å². The summed E-state index contributed by atoms with van der Waals surface area (Å²) >= 11 is 0. The van der Waals surface area contributed by atoms with Crippen LogP contribution in [0.3, 0.4) is 0 Å². The molecule has 1 saturated heterocycles. The van der Waals surface area contributed by atoms with Gasteiger partial charge in [0.05, 0.1) is 4.92 Å². The summed E-state index contributed by atoms with van der Waals surface area (Å²) in [5, 5.41) is 13.2. The van der Waals surface area contributed by atoms with Crippen LogP contribution >= 0.6 is 0 Å². The van der Waals surface area contributed by atoms with Crippen molar-refractivity contribution in [1.29, 1.82) is 0 Å². The maximum atomic E-state index is 12.1. The number of nitro benzene ring substituents is 1. The summed E-state index contributed by atoms with van der Waals surface area (Å²) in [7, 11) is 0. The minimum Gasteiger partial charge on any atom is -0.369 e. The average molecular weight is 348 g/mol. The van der Waals surface area contributed by atoms with E-state index in [-0.39, 0.29) is 36.4 Å². The normalized spacial score (nSPS) is 14.8. The first-order chi connectivity index (χ1) is 11.9. The predicted molar refractivity (Wildman–Crippen MR) is 88.5 cm³/mol. The van der Waals surface area contributed by atoms with E-state index in [1.165, 1.54) is 24.3 Å². The number of piperidine rings is 1. The number of rotatable bonds is 6. The van der Waals surface area contributed by atoms with Gasteiger partial charge in [0.2, 0.25) is 11.8 Å². The molecule has 0 atom stereocenters. The Hall–Kier alpha value is -2.97. The maximum Gasteiger partial charge on any atom is 0.269 e. The molecule has 1 aliphatic rings. The van der Waals surface area contributed by atoms with E-state index >= 15 is 0 Å². The molecule has 134 valence electrons. The molecule has 2 rings (SSSR count). The highest BCUT2D eigenvalue weighted by molar-refractivity contribution is 5.94. The van der Waals surface area contributed by atoms with Crippen molar-refractivity contribution in [3.63, 3.8) is 0 Å². The molecular formula is C16H20N4O5. The Labute approximate surface area is 144 Å². The lowest BCUT2D eigenvalue weighted by atomic mass is 9.96. The van der Waals surface area contributed by atoms with Gasteiger partial charge in [-0.15, -0.1) is 0 Å². The zero-order valence-corrected chi connectivity index (χ0v) is 13.6. The number of hydrogen-bond acceptors (Lipinski definition) is 5. The second kappa shape index (κ2) is 8.22. The molecule has 0 aliphatic carbocycles. The van der Waals surface area contributed by atoms with Crippen molar-refractivity contribution in [3.05, 3.63) is 39.9 Å². The van der Waals surface area contributed by atoms with Gasteiger partial charge in [-0.25, -0.2) is 0 Å². The third kappa shape index (κ3) is 5.00. The van der Waals surface area contributed by atoms with Crippen LogP contribution in [0.4, 0.5) is 5.69 Å². The van der Waals surface area contributed by atoms with Gasteiger partial charge in [0.25, 0.3) is 11.6 Å². The molecule has 9 nitrogen and oxygen atoms in total. The highest BCUT2D eigenvalue weighted by Crippen LogP contribution is 2.17. The molecule has 1 aliphatic heterocycles. The molecule has 25 heavy (non-hydrogen) atoms. The van der Waals surface area contributed by atoms with E-state index in [0.717, 1.165) is 0 Å². The minimum atomic E-state index is -0.540. The lowest BCUT2D eigenvalue weighted by Crippen LogP contribution is -2.42. The third-order valence-electron chi connectivity index (χ3n) is 4.21. The highest BCUT2D eigenvalue weighted by Gasteiger charge is 2.25. The van der Waals surface area contributed by atoms with Crippen LogP contribution in [-0.2, 0) is 9.59 Å². The van der Waals surface area contributed by atoms with Crippen LogP contribution in [0.15, 0.2) is 24.3 Å². The number of carbonyl (C=O) groups is 3. The van der Waals surface area contributed by atoms with Crippen LogP contribution in [-0.4, -0.2) is 47.2 Å². The lowest BCUT2D eigenvalue weighted by Gasteiger charge is -2.30. The number of carbonyl (C=O) groups excluding carboxylic acids is 3. The number of hydrogen-bond donors (Lipinski definition) is 2. The summed E-state index contributed by atoms with van der Waals surface area (Å²) in [6, 6.07) is 5.24. The van der Waals surface area contributed by atoms with Gasteiger partial charge in [-0.3, -0.25) is 24.5 Å². The third-order valence-corrected chi connectivity index (χ3v) is 4.21. The number of nitrogens with two attached hydrogens (primary N) is 1. The number of non-ortho nitro benzene ring substituents is 1. The molecule has 0 saturated carbocycles. The molecule has 0 unspecified atom stereocenters. The van der Waals surface area contributed by atoms with Gasteiger partial charge in [0, 0.05) is 49.7 Å². The standard InChI is InChI=1S/C16H20N4O5/c17-15(22)11-6-9-19(10-7-11)14(21)5-8-18-16(23)12-1-3-13(4-2-12)20(24)25/h1-4,11H,5-10H2,(H2,17,22)(H,18,23). The second-order valence-corrected chi connectivity index (χ2v) is 5.87. The SMILES string of the molecule is NC(=O)C1CCN(C(=O)CCNC(=O)c2ccc([N+](=O)[O-])cc2)CC1. The first-order valence-electron chi connectivity index (χ1n) is 7.98. The van der Waals surface area contributed by atoms with Gasteiger partial charge in [-0.05, 0) is 25.0 Å². The first kappa shape index (κ1) is 18.4. The largest absolute Gasteiger partial charge is 0.369 e. The van der Waals surface area contributed by atoms with E-state index in [2.05, 4.69) is 5.32 Å². The fraction of sp³-hybridized carbons (Fsp3) is 0.438. The van der Waals surface area contributed by atoms with E-state index in [4.69, 9.17) is 5.73 Å². The van der Waals surface area contributed by atoms with Gasteiger partial charge in [0.15, 0.2) is 0 Å². The summed E-state index contributed by atoms with van der Waals surface area (Å²) < 4.78 is 0. The van der Waals surface area contributed by atoms with E-state index < -0.39 is 10.8 Å². The number of likely N-dealkylation sites (tertiary alicyclic amines) is 1. The second-order valence-electron chi connectivity index (χ2n) is 5.87. The van der Waals surface area contributed by atoms with Crippen LogP contribution in [0, 0.1) is 16.0 Å². The first-order valence-corrected chi connectivity index (χ1v) is 7.98. The molecule has 1 aromatic rings. The summed E-state index contributed by atoms with van der Waals surface area (Å²) in [6.45, 7) is 1.15. The number of nitro groups is 1. The Morgan fingerprint density at radius 3 is 2.32 bits per heavy atom. The maximum absolute atomic E-state index is 12.1. The molecule has 0 spiro atoms. The van der Waals surface area contributed by atoms with Crippen molar-refractivity contribution >= 4 is 23.4 Å². The van der Waals surface area contributed by atoms with Crippen molar-refractivity contribution in [2.24, 2.45) is 11.7 Å². The monoisotopic (exact) mass is 348 g/mol. The zero-order chi connectivity index (χ0) is 18.4. The Kier molecular flexibility index (Phi) is 6.04. The minimum absolute atomic E-state index is 0.0908. The molecule has 0 bridgehead atoms. The molecule has 0 radical (unpaired) electrons. The summed E-state index contributed by atoms with van der Waals surface area (Å²) in [5.41, 5.74) is 5.46. The molecule has 1 fully saturated rings. The Morgan fingerprint density at radius 1 is 1.20 bits per heavy atom. The van der Waals surface area contributed by atoms with Crippen LogP contribution < -0.4 is 11.1 Å². The van der Waals surface area contributed by atoms with Crippen LogP contribution in [0.25, 0.3) is 0 Å². The van der Waals surface area contributed by atoms with E-state index in [0.29, 0.717) is 31.5 Å². The van der Waals surface area contributed by atoms with Gasteiger partial charge in [-0.2, -0.15) is 0 Å². The summed E-state index contributed by atoms with van der Waals surface area (Å²) in [5.74, 6) is -0.990. The zero-order valence-electron chi connectivity index (χ0n) is 13.6. The summed E-state index contributed by atoms with van der Waals surface area (Å²) in [4.78, 5) is 46.8. The molecule has 1 aromatic carbocycles. The predicted octanol–water partition coefficient (Wildman–Crippen LogP) is 0.439. The molecule has 3 N–H and O–H groups in total. The average Bonchev–Trinajstić information content (AvgIpc) is 2.61. The number of primary amides is 1. The molecule has 3 amide bonds. The Bertz CT molecular complexity index is 666. The number of amides is 3. The van der Waals surface area contributed by atoms with Gasteiger partial charge in [0.1, 0.15) is 0 Å². The van der Waals surface area contributed by atoms with Crippen molar-refractivity contribution in [3.8, 4) is 0 Å². The van der Waals surface area contributed by atoms with Crippen molar-refractivity contribution in [2.75, 3.05) is 19.6 Å². The molecule has 9 heteroatoms. The van der Waals surface area contributed by atoms with Gasteiger partial charge >= 0.3 is 0 Å². The highest BCUT2D eigenvalue weighted by atomic mass is 16.6. The molecular weight excluding hydrogens is 328 g/mol. The van der Waals surface area contributed by atoms with Gasteiger partial charge in [-0.1, -0.05) is 0 Å². The van der Waals surface area contributed by atoms with Crippen LogP contribution in [0.1, 0.15) is 29.6 Å². The van der Waals surface area contributed by atoms with Crippen LogP contribution in [0.5, 0.6) is 0 Å². The van der Waals surface area contributed by atoms with Crippen molar-refractivity contribution < 1.29 is 19.3 Å². The number of nitrogens with zero attached hydrogens (tertiary/aromatic N) is 2. The fourth-order valence-electron chi connectivity index (χ4n) is 2.69. The topological polar surface area (TPSA) is 136 Å². The lowest BCUT2D eigenvalue weighted by molar-refractivity contribution is -0.384. The smallest absolute Gasteiger partial charge is 0.269 e. The fourth-order valence-corrected chi connectivity index (χ4v) is 2.69. The quantitative estimate of drug-likeness (QED) is 0.568. The van der Waals surface area contributed by atoms with E-state index in [1.807, 2.05) is 0 Å².